The standard InChI is InChI=1S/C12H13ClO3/c1-16-12(15)10-4-2-3-9(7-10)5-6-11(14)8-13/h2-4,7H,5-6,8H2,1H3. The first kappa shape index (κ1) is 12.7. The van der Waals surface area contributed by atoms with Crippen LogP contribution >= 0.6 is 11.6 Å². The lowest BCUT2D eigenvalue weighted by Crippen LogP contribution is -2.04. The largest absolute Gasteiger partial charge is 0.465 e. The average Bonchev–Trinajstić information content (AvgIpc) is 2.35. The van der Waals surface area contributed by atoms with Crippen LogP contribution in [0.25, 0.3) is 0 Å². The van der Waals surface area contributed by atoms with Crippen molar-refractivity contribution >= 4 is 23.4 Å². The van der Waals surface area contributed by atoms with E-state index in [4.69, 9.17) is 11.6 Å². The van der Waals surface area contributed by atoms with Crippen LogP contribution in [-0.2, 0) is 16.0 Å². The van der Waals surface area contributed by atoms with Crippen molar-refractivity contribution in [3.05, 3.63) is 35.4 Å². The zero-order valence-electron chi connectivity index (χ0n) is 9.03. The van der Waals surface area contributed by atoms with Crippen LogP contribution in [0.4, 0.5) is 0 Å². The van der Waals surface area contributed by atoms with E-state index in [2.05, 4.69) is 4.74 Å². The monoisotopic (exact) mass is 240 g/mol. The summed E-state index contributed by atoms with van der Waals surface area (Å²) in [4.78, 5) is 22.3. The molecule has 0 radical (unpaired) electrons. The van der Waals surface area contributed by atoms with Crippen LogP contribution in [0.5, 0.6) is 0 Å². The number of hydrogen-bond acceptors (Lipinski definition) is 3. The maximum atomic E-state index is 11.2. The third-order valence-corrected chi connectivity index (χ3v) is 2.49. The van der Waals surface area contributed by atoms with Crippen LogP contribution in [0.3, 0.4) is 0 Å². The highest BCUT2D eigenvalue weighted by molar-refractivity contribution is 6.27. The minimum atomic E-state index is -0.370. The molecule has 0 atom stereocenters. The lowest BCUT2D eigenvalue weighted by Gasteiger charge is -2.03. The van der Waals surface area contributed by atoms with Crippen LogP contribution in [-0.4, -0.2) is 24.7 Å². The minimum Gasteiger partial charge on any atom is -0.465 e. The number of alkyl halides is 1. The van der Waals surface area contributed by atoms with Gasteiger partial charge in [0.15, 0.2) is 0 Å². The molecule has 0 aliphatic rings. The first-order valence-electron chi connectivity index (χ1n) is 4.92. The predicted molar refractivity (Wildman–Crippen MR) is 61.8 cm³/mol. The number of carbonyl (C=O) groups excluding carboxylic acids is 2. The summed E-state index contributed by atoms with van der Waals surface area (Å²) in [5.41, 5.74) is 1.43. The van der Waals surface area contributed by atoms with E-state index in [0.29, 0.717) is 18.4 Å². The van der Waals surface area contributed by atoms with E-state index in [1.807, 2.05) is 6.07 Å². The van der Waals surface area contributed by atoms with Gasteiger partial charge in [-0.05, 0) is 24.1 Å². The summed E-state index contributed by atoms with van der Waals surface area (Å²) in [6.45, 7) is 0. The summed E-state index contributed by atoms with van der Waals surface area (Å²) in [7, 11) is 1.34. The number of carbonyl (C=O) groups is 2. The molecule has 0 aliphatic carbocycles. The summed E-state index contributed by atoms with van der Waals surface area (Å²) in [5.74, 6) is -0.327. The highest BCUT2D eigenvalue weighted by Crippen LogP contribution is 2.09. The minimum absolute atomic E-state index is 0.00476. The molecule has 0 saturated heterocycles. The molecule has 0 N–H and O–H groups in total. The van der Waals surface area contributed by atoms with Gasteiger partial charge in [0.2, 0.25) is 0 Å². The fraction of sp³-hybridized carbons (Fsp3) is 0.333. The number of esters is 1. The zero-order chi connectivity index (χ0) is 12.0. The summed E-state index contributed by atoms with van der Waals surface area (Å²) in [6.07, 6.45) is 0.991. The second kappa shape index (κ2) is 6.28. The Bertz CT molecular complexity index is 388. The molecule has 16 heavy (non-hydrogen) atoms. The molecule has 0 amide bonds. The van der Waals surface area contributed by atoms with Gasteiger partial charge in [-0.1, -0.05) is 12.1 Å². The third-order valence-electron chi connectivity index (χ3n) is 2.19. The van der Waals surface area contributed by atoms with Gasteiger partial charge in [-0.3, -0.25) is 4.79 Å². The molecular weight excluding hydrogens is 228 g/mol. The Morgan fingerprint density at radius 2 is 2.12 bits per heavy atom. The molecule has 0 spiro atoms. The molecule has 86 valence electrons. The van der Waals surface area contributed by atoms with E-state index in [1.165, 1.54) is 7.11 Å². The van der Waals surface area contributed by atoms with Gasteiger partial charge in [0.1, 0.15) is 5.78 Å². The molecule has 0 fully saturated rings. The maximum absolute atomic E-state index is 11.2. The lowest BCUT2D eigenvalue weighted by molar-refractivity contribution is -0.116. The van der Waals surface area contributed by atoms with Gasteiger partial charge in [-0.25, -0.2) is 4.79 Å². The fourth-order valence-corrected chi connectivity index (χ4v) is 1.46. The van der Waals surface area contributed by atoms with E-state index in [9.17, 15) is 9.59 Å². The van der Waals surface area contributed by atoms with Gasteiger partial charge in [0.05, 0.1) is 18.6 Å². The number of aryl methyl sites for hydroxylation is 1. The zero-order valence-corrected chi connectivity index (χ0v) is 9.79. The molecule has 0 aliphatic heterocycles. The molecule has 0 heterocycles. The summed E-state index contributed by atoms with van der Waals surface area (Å²) < 4.78 is 4.61. The van der Waals surface area contributed by atoms with Crippen molar-refractivity contribution in [2.75, 3.05) is 13.0 Å². The van der Waals surface area contributed by atoms with Crippen LogP contribution in [0.1, 0.15) is 22.3 Å². The molecule has 0 bridgehead atoms. The Morgan fingerprint density at radius 1 is 1.38 bits per heavy atom. The second-order valence-electron chi connectivity index (χ2n) is 3.36. The van der Waals surface area contributed by atoms with Gasteiger partial charge in [-0.15, -0.1) is 11.6 Å². The van der Waals surface area contributed by atoms with E-state index in [0.717, 1.165) is 5.56 Å². The van der Waals surface area contributed by atoms with E-state index >= 15 is 0 Å². The Balaban J connectivity index is 2.67. The van der Waals surface area contributed by atoms with Crippen LogP contribution < -0.4 is 0 Å². The van der Waals surface area contributed by atoms with Crippen molar-refractivity contribution in [1.82, 2.24) is 0 Å². The van der Waals surface area contributed by atoms with Crippen molar-refractivity contribution in [3.8, 4) is 0 Å². The number of rotatable bonds is 5. The molecule has 0 aromatic heterocycles. The van der Waals surface area contributed by atoms with Gasteiger partial charge in [0.25, 0.3) is 0 Å². The van der Waals surface area contributed by atoms with E-state index in [-0.39, 0.29) is 17.6 Å². The highest BCUT2D eigenvalue weighted by atomic mass is 35.5. The van der Waals surface area contributed by atoms with Gasteiger partial charge in [-0.2, -0.15) is 0 Å². The normalized spacial score (nSPS) is 9.88. The van der Waals surface area contributed by atoms with Crippen LogP contribution in [0, 0.1) is 0 Å². The molecule has 0 saturated carbocycles. The second-order valence-corrected chi connectivity index (χ2v) is 3.63. The quantitative estimate of drug-likeness (QED) is 0.586. The van der Waals surface area contributed by atoms with E-state index in [1.54, 1.807) is 18.2 Å². The summed E-state index contributed by atoms with van der Waals surface area (Å²) in [5, 5.41) is 0. The Morgan fingerprint density at radius 3 is 2.75 bits per heavy atom. The Labute approximate surface area is 99.4 Å². The molecule has 0 unspecified atom stereocenters. The SMILES string of the molecule is COC(=O)c1cccc(CCC(=O)CCl)c1. The van der Waals surface area contributed by atoms with Crippen molar-refractivity contribution in [2.45, 2.75) is 12.8 Å². The fourth-order valence-electron chi connectivity index (χ4n) is 1.32. The van der Waals surface area contributed by atoms with Crippen LogP contribution in [0.2, 0.25) is 0 Å². The number of Topliss-reactive ketones (excluding diaryl/α,β-unsaturated/α-hetero) is 1. The van der Waals surface area contributed by atoms with Crippen LogP contribution in [0.15, 0.2) is 24.3 Å². The number of halogens is 1. The Hall–Kier alpha value is -1.35. The average molecular weight is 241 g/mol. The number of benzene rings is 1. The molecule has 1 aromatic carbocycles. The molecule has 3 nitrogen and oxygen atoms in total. The molecular formula is C12H13ClO3. The maximum Gasteiger partial charge on any atom is 0.337 e. The first-order valence-corrected chi connectivity index (χ1v) is 5.45. The Kier molecular flexibility index (Phi) is 4.99. The number of methoxy groups -OCH3 is 1. The first-order chi connectivity index (χ1) is 7.67. The smallest absolute Gasteiger partial charge is 0.337 e. The highest BCUT2D eigenvalue weighted by Gasteiger charge is 2.06. The third kappa shape index (κ3) is 3.66. The summed E-state index contributed by atoms with van der Waals surface area (Å²) in [6, 6.07) is 7.05. The molecule has 1 aromatic rings. The number of ether oxygens (including phenoxy) is 1. The topological polar surface area (TPSA) is 43.4 Å². The predicted octanol–water partition coefficient (Wildman–Crippen LogP) is 2.21. The van der Waals surface area contributed by atoms with E-state index < -0.39 is 0 Å². The van der Waals surface area contributed by atoms with Gasteiger partial charge < -0.3 is 4.74 Å². The molecule has 4 heteroatoms. The van der Waals surface area contributed by atoms with Gasteiger partial charge in [0, 0.05) is 6.42 Å². The van der Waals surface area contributed by atoms with Crippen molar-refractivity contribution in [1.29, 1.82) is 0 Å². The summed E-state index contributed by atoms with van der Waals surface area (Å²) >= 11 is 5.40. The van der Waals surface area contributed by atoms with Gasteiger partial charge >= 0.3 is 5.97 Å². The lowest BCUT2D eigenvalue weighted by atomic mass is 10.1. The molecule has 1 rings (SSSR count). The van der Waals surface area contributed by atoms with Crippen molar-refractivity contribution in [2.24, 2.45) is 0 Å². The number of hydrogen-bond donors (Lipinski definition) is 0. The van der Waals surface area contributed by atoms with Crippen molar-refractivity contribution in [3.63, 3.8) is 0 Å². The van der Waals surface area contributed by atoms with Crippen molar-refractivity contribution < 1.29 is 14.3 Å². The number of ketones is 1.